The summed E-state index contributed by atoms with van der Waals surface area (Å²) in [7, 11) is 0. The lowest BCUT2D eigenvalue weighted by atomic mass is 10.2. The highest BCUT2D eigenvalue weighted by Crippen LogP contribution is 2.18. The Balaban J connectivity index is 1.87. The molecule has 2 rings (SSSR count). The highest BCUT2D eigenvalue weighted by molar-refractivity contribution is 5.94. The van der Waals surface area contributed by atoms with E-state index < -0.39 is 0 Å². The molecule has 2 amide bonds. The van der Waals surface area contributed by atoms with Crippen molar-refractivity contribution in [2.24, 2.45) is 0 Å². The van der Waals surface area contributed by atoms with Crippen LogP contribution < -0.4 is 20.7 Å². The van der Waals surface area contributed by atoms with Crippen molar-refractivity contribution < 1.29 is 14.3 Å². The van der Waals surface area contributed by atoms with E-state index in [4.69, 9.17) is 4.74 Å². The molecule has 0 fully saturated rings. The summed E-state index contributed by atoms with van der Waals surface area (Å²) >= 11 is 0. The van der Waals surface area contributed by atoms with Gasteiger partial charge in [0, 0.05) is 29.5 Å². The highest BCUT2D eigenvalue weighted by Gasteiger charge is 2.05. The molecule has 0 aliphatic carbocycles. The molecule has 2 aromatic carbocycles. The number of carbonyl (C=O) groups excluding carboxylic acids is 2. The first-order chi connectivity index (χ1) is 12.6. The van der Waals surface area contributed by atoms with E-state index in [1.165, 1.54) is 0 Å². The highest BCUT2D eigenvalue weighted by atomic mass is 16.5. The van der Waals surface area contributed by atoms with E-state index in [0.29, 0.717) is 30.2 Å². The van der Waals surface area contributed by atoms with Crippen LogP contribution in [0.1, 0.15) is 26.7 Å². The lowest BCUT2D eigenvalue weighted by Gasteiger charge is -2.11. The zero-order chi connectivity index (χ0) is 18.8. The Bertz CT molecular complexity index is 747. The van der Waals surface area contributed by atoms with Gasteiger partial charge in [-0.3, -0.25) is 9.59 Å². The predicted molar refractivity (Wildman–Crippen MR) is 105 cm³/mol. The van der Waals surface area contributed by atoms with Crippen molar-refractivity contribution in [3.05, 3.63) is 48.5 Å². The van der Waals surface area contributed by atoms with Crippen LogP contribution in [0.25, 0.3) is 0 Å². The minimum absolute atomic E-state index is 0.0171. The van der Waals surface area contributed by atoms with Crippen LogP contribution >= 0.6 is 0 Å². The molecule has 26 heavy (non-hydrogen) atoms. The van der Waals surface area contributed by atoms with Crippen molar-refractivity contribution in [1.29, 1.82) is 0 Å². The van der Waals surface area contributed by atoms with Crippen molar-refractivity contribution in [1.82, 2.24) is 0 Å². The molecule has 0 aromatic heterocycles. The van der Waals surface area contributed by atoms with Crippen LogP contribution in [-0.2, 0) is 9.59 Å². The lowest BCUT2D eigenvalue weighted by molar-refractivity contribution is -0.116. The second-order valence-corrected chi connectivity index (χ2v) is 5.74. The largest absolute Gasteiger partial charge is 0.494 e. The van der Waals surface area contributed by atoms with Crippen molar-refractivity contribution in [3.63, 3.8) is 0 Å². The van der Waals surface area contributed by atoms with Crippen molar-refractivity contribution in [3.8, 4) is 5.75 Å². The quantitative estimate of drug-likeness (QED) is 0.638. The van der Waals surface area contributed by atoms with Gasteiger partial charge >= 0.3 is 0 Å². The summed E-state index contributed by atoms with van der Waals surface area (Å²) in [6, 6.07) is 14.6. The van der Waals surface area contributed by atoms with Gasteiger partial charge in [-0.15, -0.1) is 0 Å². The Morgan fingerprint density at radius 2 is 1.54 bits per heavy atom. The van der Waals surface area contributed by atoms with Crippen LogP contribution in [0.15, 0.2) is 48.5 Å². The number of benzene rings is 2. The second kappa shape index (κ2) is 10.1. The van der Waals surface area contributed by atoms with E-state index in [0.717, 1.165) is 12.1 Å². The van der Waals surface area contributed by atoms with Gasteiger partial charge in [-0.25, -0.2) is 0 Å². The van der Waals surface area contributed by atoms with Gasteiger partial charge in [-0.1, -0.05) is 19.1 Å². The average molecular weight is 355 g/mol. The fraction of sp³-hybridized carbons (Fsp3) is 0.300. The minimum Gasteiger partial charge on any atom is -0.494 e. The van der Waals surface area contributed by atoms with Gasteiger partial charge in [0.15, 0.2) is 0 Å². The number of anilines is 3. The molecule has 0 aliphatic heterocycles. The molecule has 0 aliphatic rings. The topological polar surface area (TPSA) is 79.5 Å². The lowest BCUT2D eigenvalue weighted by Crippen LogP contribution is -2.21. The molecule has 2 aromatic rings. The van der Waals surface area contributed by atoms with E-state index in [1.54, 1.807) is 12.1 Å². The van der Waals surface area contributed by atoms with Gasteiger partial charge in [0.2, 0.25) is 11.8 Å². The number of hydrogen-bond acceptors (Lipinski definition) is 4. The first-order valence-corrected chi connectivity index (χ1v) is 8.77. The van der Waals surface area contributed by atoms with Crippen LogP contribution in [-0.4, -0.2) is 25.0 Å². The van der Waals surface area contributed by atoms with Gasteiger partial charge in [-0.05, 0) is 43.7 Å². The first kappa shape index (κ1) is 19.3. The molecule has 0 radical (unpaired) electrons. The van der Waals surface area contributed by atoms with Crippen molar-refractivity contribution in [2.75, 3.05) is 29.1 Å². The van der Waals surface area contributed by atoms with E-state index in [2.05, 4.69) is 16.0 Å². The van der Waals surface area contributed by atoms with E-state index in [1.807, 2.05) is 50.2 Å². The summed E-state index contributed by atoms with van der Waals surface area (Å²) in [6.07, 6.45) is 1.29. The maximum Gasteiger partial charge on any atom is 0.243 e. The fourth-order valence-electron chi connectivity index (χ4n) is 2.38. The summed E-state index contributed by atoms with van der Waals surface area (Å²) in [5.74, 6) is 0.532. The molecule has 3 N–H and O–H groups in total. The standard InChI is InChI=1S/C20H25N3O3/c1-3-7-19(24)22-16-9-5-8-15(12-16)21-14-20(25)23-17-10-6-11-18(13-17)26-4-2/h5-6,8-13,21H,3-4,7,14H2,1-2H3,(H,22,24)(H,23,25). The molecule has 0 heterocycles. The van der Waals surface area contributed by atoms with Gasteiger partial charge in [0.05, 0.1) is 13.2 Å². The SMILES string of the molecule is CCCC(=O)Nc1cccc(NCC(=O)Nc2cccc(OCC)c2)c1. The molecular formula is C20H25N3O3. The summed E-state index contributed by atoms with van der Waals surface area (Å²) in [6.45, 7) is 4.56. The number of hydrogen-bond donors (Lipinski definition) is 3. The van der Waals surface area contributed by atoms with Crippen LogP contribution in [0.3, 0.4) is 0 Å². The average Bonchev–Trinajstić information content (AvgIpc) is 2.61. The Labute approximate surface area is 153 Å². The third-order valence-electron chi connectivity index (χ3n) is 3.51. The third-order valence-corrected chi connectivity index (χ3v) is 3.51. The normalized spacial score (nSPS) is 10.1. The van der Waals surface area contributed by atoms with Gasteiger partial charge < -0.3 is 20.7 Å². The maximum atomic E-state index is 12.1. The Kier molecular flexibility index (Phi) is 7.49. The van der Waals surface area contributed by atoms with Crippen LogP contribution in [0.2, 0.25) is 0 Å². The van der Waals surface area contributed by atoms with Crippen molar-refractivity contribution >= 4 is 28.9 Å². The number of ether oxygens (including phenoxy) is 1. The third kappa shape index (κ3) is 6.47. The van der Waals surface area contributed by atoms with Gasteiger partial charge in [-0.2, -0.15) is 0 Å². The number of amides is 2. The smallest absolute Gasteiger partial charge is 0.243 e. The summed E-state index contributed by atoms with van der Waals surface area (Å²) in [5.41, 5.74) is 2.15. The molecule has 138 valence electrons. The van der Waals surface area contributed by atoms with Crippen LogP contribution in [0.5, 0.6) is 5.75 Å². The zero-order valence-corrected chi connectivity index (χ0v) is 15.2. The Hall–Kier alpha value is -3.02. The van der Waals surface area contributed by atoms with Crippen LogP contribution in [0.4, 0.5) is 17.1 Å². The number of rotatable bonds is 9. The maximum absolute atomic E-state index is 12.1. The molecule has 0 saturated carbocycles. The molecule has 0 atom stereocenters. The fourth-order valence-corrected chi connectivity index (χ4v) is 2.38. The molecule has 0 saturated heterocycles. The molecule has 6 nitrogen and oxygen atoms in total. The van der Waals surface area contributed by atoms with E-state index >= 15 is 0 Å². The summed E-state index contributed by atoms with van der Waals surface area (Å²) in [5, 5.41) is 8.71. The molecule has 6 heteroatoms. The second-order valence-electron chi connectivity index (χ2n) is 5.74. The monoisotopic (exact) mass is 355 g/mol. The summed E-state index contributed by atoms with van der Waals surface area (Å²) in [4.78, 5) is 23.8. The molecule has 0 unspecified atom stereocenters. The molecule has 0 spiro atoms. The van der Waals surface area contributed by atoms with E-state index in [9.17, 15) is 9.59 Å². The Morgan fingerprint density at radius 1 is 0.885 bits per heavy atom. The predicted octanol–water partition coefficient (Wildman–Crippen LogP) is 3.87. The molecular weight excluding hydrogens is 330 g/mol. The Morgan fingerprint density at radius 3 is 2.27 bits per heavy atom. The van der Waals surface area contributed by atoms with Crippen LogP contribution in [0, 0.1) is 0 Å². The number of carbonyl (C=O) groups is 2. The van der Waals surface area contributed by atoms with Crippen molar-refractivity contribution in [2.45, 2.75) is 26.7 Å². The molecule has 0 bridgehead atoms. The summed E-state index contributed by atoms with van der Waals surface area (Å²) < 4.78 is 5.42. The van der Waals surface area contributed by atoms with Gasteiger partial charge in [0.1, 0.15) is 5.75 Å². The van der Waals surface area contributed by atoms with Gasteiger partial charge in [0.25, 0.3) is 0 Å². The number of nitrogens with one attached hydrogen (secondary N) is 3. The minimum atomic E-state index is -0.168. The first-order valence-electron chi connectivity index (χ1n) is 8.77. The van der Waals surface area contributed by atoms with E-state index in [-0.39, 0.29) is 18.4 Å². The zero-order valence-electron chi connectivity index (χ0n) is 15.2.